The first-order valence-corrected chi connectivity index (χ1v) is 6.35. The number of halogens is 1. The molecule has 0 bridgehead atoms. The van der Waals surface area contributed by atoms with Gasteiger partial charge in [0.15, 0.2) is 0 Å². The Kier molecular flexibility index (Phi) is 4.31. The zero-order valence-corrected chi connectivity index (χ0v) is 10.3. The highest BCUT2D eigenvalue weighted by molar-refractivity contribution is 5.77. The molecule has 1 aliphatic rings. The SMILES string of the molecule is O=C(CCc1ccc(F)cc1)N1CCC[C@@H]1CO. The lowest BCUT2D eigenvalue weighted by Crippen LogP contribution is -2.37. The van der Waals surface area contributed by atoms with E-state index in [0.717, 1.165) is 24.9 Å². The molecule has 1 saturated heterocycles. The van der Waals surface area contributed by atoms with E-state index in [1.165, 1.54) is 12.1 Å². The zero-order chi connectivity index (χ0) is 13.0. The maximum atomic E-state index is 12.7. The minimum atomic E-state index is -0.259. The Morgan fingerprint density at radius 2 is 2.11 bits per heavy atom. The Morgan fingerprint density at radius 3 is 2.78 bits per heavy atom. The summed E-state index contributed by atoms with van der Waals surface area (Å²) in [5.74, 6) is -0.180. The predicted molar refractivity (Wildman–Crippen MR) is 66.5 cm³/mol. The van der Waals surface area contributed by atoms with Crippen LogP contribution in [0.4, 0.5) is 4.39 Å². The number of aliphatic hydroxyl groups is 1. The van der Waals surface area contributed by atoms with Gasteiger partial charge >= 0.3 is 0 Å². The molecule has 1 N–H and O–H groups in total. The normalized spacial score (nSPS) is 19.2. The molecule has 2 rings (SSSR count). The summed E-state index contributed by atoms with van der Waals surface area (Å²) in [6.07, 6.45) is 2.89. The molecule has 1 aliphatic heterocycles. The first-order valence-electron chi connectivity index (χ1n) is 6.35. The van der Waals surface area contributed by atoms with Gasteiger partial charge in [-0.3, -0.25) is 4.79 Å². The fourth-order valence-electron chi connectivity index (χ4n) is 2.40. The van der Waals surface area contributed by atoms with E-state index in [9.17, 15) is 9.18 Å². The van der Waals surface area contributed by atoms with E-state index in [1.54, 1.807) is 17.0 Å². The first-order chi connectivity index (χ1) is 8.70. The number of hydrogen-bond donors (Lipinski definition) is 1. The Bertz CT molecular complexity index is 405. The Hall–Kier alpha value is -1.42. The van der Waals surface area contributed by atoms with Crippen LogP contribution in [0.3, 0.4) is 0 Å². The van der Waals surface area contributed by atoms with Crippen molar-refractivity contribution in [1.82, 2.24) is 4.90 Å². The van der Waals surface area contributed by atoms with Crippen LogP contribution >= 0.6 is 0 Å². The molecule has 0 aromatic heterocycles. The molecule has 0 spiro atoms. The highest BCUT2D eigenvalue weighted by Crippen LogP contribution is 2.18. The lowest BCUT2D eigenvalue weighted by atomic mass is 10.1. The summed E-state index contributed by atoms with van der Waals surface area (Å²) in [4.78, 5) is 13.8. The summed E-state index contributed by atoms with van der Waals surface area (Å²) in [7, 11) is 0. The quantitative estimate of drug-likeness (QED) is 0.885. The van der Waals surface area contributed by atoms with Crippen LogP contribution in [0.5, 0.6) is 0 Å². The zero-order valence-electron chi connectivity index (χ0n) is 10.3. The number of nitrogens with zero attached hydrogens (tertiary/aromatic N) is 1. The Labute approximate surface area is 106 Å². The highest BCUT2D eigenvalue weighted by Gasteiger charge is 2.27. The van der Waals surface area contributed by atoms with Crippen LogP contribution in [0.15, 0.2) is 24.3 Å². The van der Waals surface area contributed by atoms with E-state index in [4.69, 9.17) is 5.11 Å². The molecule has 4 heteroatoms. The largest absolute Gasteiger partial charge is 0.394 e. The molecule has 1 atom stereocenters. The van der Waals surface area contributed by atoms with Crippen molar-refractivity contribution >= 4 is 5.91 Å². The van der Waals surface area contributed by atoms with Crippen LogP contribution in [0.2, 0.25) is 0 Å². The second-order valence-corrected chi connectivity index (χ2v) is 4.69. The lowest BCUT2D eigenvalue weighted by molar-refractivity contribution is -0.132. The highest BCUT2D eigenvalue weighted by atomic mass is 19.1. The molecule has 1 amide bonds. The summed E-state index contributed by atoms with van der Waals surface area (Å²) in [5, 5.41) is 9.17. The molecule has 1 fully saturated rings. The van der Waals surface area contributed by atoms with Crippen LogP contribution in [0.25, 0.3) is 0 Å². The van der Waals surface area contributed by atoms with Gasteiger partial charge in [0, 0.05) is 13.0 Å². The van der Waals surface area contributed by atoms with Crippen LogP contribution in [-0.4, -0.2) is 35.1 Å². The summed E-state index contributed by atoms with van der Waals surface area (Å²) in [5.41, 5.74) is 0.962. The van der Waals surface area contributed by atoms with Gasteiger partial charge in [-0.2, -0.15) is 0 Å². The molecular formula is C14H18FNO2. The average Bonchev–Trinajstić information content (AvgIpc) is 2.86. The number of rotatable bonds is 4. The number of aliphatic hydroxyl groups excluding tert-OH is 1. The third-order valence-corrected chi connectivity index (χ3v) is 3.45. The number of carbonyl (C=O) groups is 1. The molecule has 3 nitrogen and oxygen atoms in total. The first kappa shape index (κ1) is 13.0. The van der Waals surface area contributed by atoms with Crippen molar-refractivity contribution in [3.05, 3.63) is 35.6 Å². The standard InChI is InChI=1S/C14H18FNO2/c15-12-6-3-11(4-7-12)5-8-14(18)16-9-1-2-13(16)10-17/h3-4,6-7,13,17H,1-2,5,8-10H2/t13-/m1/s1. The maximum Gasteiger partial charge on any atom is 0.223 e. The van der Waals surface area contributed by atoms with Crippen molar-refractivity contribution in [3.8, 4) is 0 Å². The minimum Gasteiger partial charge on any atom is -0.394 e. The summed E-state index contributed by atoms with van der Waals surface area (Å²) in [6, 6.07) is 6.22. The average molecular weight is 251 g/mol. The van der Waals surface area contributed by atoms with Crippen LogP contribution < -0.4 is 0 Å². The van der Waals surface area contributed by atoms with Crippen LogP contribution in [-0.2, 0) is 11.2 Å². The van der Waals surface area contributed by atoms with Gasteiger partial charge in [-0.25, -0.2) is 4.39 Å². The second-order valence-electron chi connectivity index (χ2n) is 4.69. The second kappa shape index (κ2) is 5.96. The molecule has 18 heavy (non-hydrogen) atoms. The smallest absolute Gasteiger partial charge is 0.223 e. The van der Waals surface area contributed by atoms with Gasteiger partial charge in [-0.05, 0) is 37.0 Å². The van der Waals surface area contributed by atoms with E-state index in [0.29, 0.717) is 12.8 Å². The predicted octanol–water partition coefficient (Wildman–Crippen LogP) is 1.74. The van der Waals surface area contributed by atoms with E-state index < -0.39 is 0 Å². The summed E-state index contributed by atoms with van der Waals surface area (Å²) < 4.78 is 12.7. The van der Waals surface area contributed by atoms with Crippen molar-refractivity contribution < 1.29 is 14.3 Å². The van der Waals surface area contributed by atoms with Gasteiger partial charge in [0.1, 0.15) is 5.82 Å². The third kappa shape index (κ3) is 3.07. The van der Waals surface area contributed by atoms with Gasteiger partial charge in [0.2, 0.25) is 5.91 Å². The van der Waals surface area contributed by atoms with Gasteiger partial charge in [-0.1, -0.05) is 12.1 Å². The van der Waals surface area contributed by atoms with Crippen LogP contribution in [0, 0.1) is 5.82 Å². The Morgan fingerprint density at radius 1 is 1.39 bits per heavy atom. The fourth-order valence-corrected chi connectivity index (χ4v) is 2.40. The molecule has 0 saturated carbocycles. The lowest BCUT2D eigenvalue weighted by Gasteiger charge is -2.23. The van der Waals surface area contributed by atoms with E-state index >= 15 is 0 Å². The maximum absolute atomic E-state index is 12.7. The van der Waals surface area contributed by atoms with Crippen molar-refractivity contribution in [2.75, 3.05) is 13.2 Å². The number of hydrogen-bond acceptors (Lipinski definition) is 2. The molecule has 0 unspecified atom stereocenters. The van der Waals surface area contributed by atoms with Crippen molar-refractivity contribution in [2.24, 2.45) is 0 Å². The molecular weight excluding hydrogens is 233 g/mol. The third-order valence-electron chi connectivity index (χ3n) is 3.45. The van der Waals surface area contributed by atoms with E-state index in [2.05, 4.69) is 0 Å². The fraction of sp³-hybridized carbons (Fsp3) is 0.500. The van der Waals surface area contributed by atoms with E-state index in [-0.39, 0.29) is 24.4 Å². The molecule has 1 aromatic rings. The number of carbonyl (C=O) groups excluding carboxylic acids is 1. The topological polar surface area (TPSA) is 40.5 Å². The summed E-state index contributed by atoms with van der Waals surface area (Å²) in [6.45, 7) is 0.787. The van der Waals surface area contributed by atoms with Gasteiger partial charge in [0.05, 0.1) is 12.6 Å². The number of benzene rings is 1. The van der Waals surface area contributed by atoms with Crippen molar-refractivity contribution in [1.29, 1.82) is 0 Å². The molecule has 98 valence electrons. The number of amides is 1. The Balaban J connectivity index is 1.86. The van der Waals surface area contributed by atoms with Gasteiger partial charge in [0.25, 0.3) is 0 Å². The van der Waals surface area contributed by atoms with Gasteiger partial charge < -0.3 is 10.0 Å². The summed E-state index contributed by atoms with van der Waals surface area (Å²) >= 11 is 0. The number of aryl methyl sites for hydroxylation is 1. The minimum absolute atomic E-state index is 0.00859. The number of likely N-dealkylation sites (tertiary alicyclic amines) is 1. The van der Waals surface area contributed by atoms with Gasteiger partial charge in [-0.15, -0.1) is 0 Å². The van der Waals surface area contributed by atoms with Crippen molar-refractivity contribution in [3.63, 3.8) is 0 Å². The molecule has 0 radical (unpaired) electrons. The molecule has 1 heterocycles. The van der Waals surface area contributed by atoms with Crippen LogP contribution in [0.1, 0.15) is 24.8 Å². The molecule has 1 aromatic carbocycles. The molecule has 0 aliphatic carbocycles. The monoisotopic (exact) mass is 251 g/mol. The van der Waals surface area contributed by atoms with E-state index in [1.807, 2.05) is 0 Å². The van der Waals surface area contributed by atoms with Crippen molar-refractivity contribution in [2.45, 2.75) is 31.7 Å².